The summed E-state index contributed by atoms with van der Waals surface area (Å²) in [5.41, 5.74) is 1.61. The predicted octanol–water partition coefficient (Wildman–Crippen LogP) is 3.34. The topological polar surface area (TPSA) is 59.1 Å². The average molecular weight is 421 g/mol. The molecule has 1 aromatic rings. The van der Waals surface area contributed by atoms with Crippen LogP contribution in [-0.4, -0.2) is 66.2 Å². The van der Waals surface area contributed by atoms with Crippen LogP contribution in [0.2, 0.25) is 5.02 Å². The molecule has 2 aliphatic rings. The van der Waals surface area contributed by atoms with E-state index in [0.29, 0.717) is 54.5 Å². The van der Waals surface area contributed by atoms with Crippen LogP contribution in [0.15, 0.2) is 30.0 Å². The molecule has 29 heavy (non-hydrogen) atoms. The molecule has 7 heteroatoms. The van der Waals surface area contributed by atoms with E-state index in [-0.39, 0.29) is 30.1 Å². The fourth-order valence-corrected chi connectivity index (χ4v) is 3.96. The summed E-state index contributed by atoms with van der Waals surface area (Å²) in [4.78, 5) is 29.9. The Morgan fingerprint density at radius 1 is 1.10 bits per heavy atom. The molecule has 3 rings (SSSR count). The summed E-state index contributed by atoms with van der Waals surface area (Å²) < 4.78 is 11.4. The fraction of sp³-hybridized carbons (Fsp3) is 0.545. The normalized spacial score (nSPS) is 23.0. The van der Waals surface area contributed by atoms with Crippen molar-refractivity contribution in [2.75, 3.05) is 26.2 Å². The van der Waals surface area contributed by atoms with Crippen LogP contribution in [-0.2, 0) is 19.1 Å². The minimum absolute atomic E-state index is 0.0193. The van der Waals surface area contributed by atoms with Crippen LogP contribution in [0.25, 0.3) is 5.57 Å². The SMILES string of the molecule is CC(C)OCCCN1C(=O)C(c2ccc(Cl)cc2)=C(N2CC(C)OC(C)C2)C1=O. The lowest BCUT2D eigenvalue weighted by molar-refractivity contribution is -0.138. The predicted molar refractivity (Wildman–Crippen MR) is 112 cm³/mol. The second-order valence-electron chi connectivity index (χ2n) is 7.93. The molecule has 0 saturated carbocycles. The molecule has 2 amide bonds. The molecule has 2 atom stereocenters. The zero-order valence-corrected chi connectivity index (χ0v) is 18.2. The first-order valence-corrected chi connectivity index (χ1v) is 10.5. The van der Waals surface area contributed by atoms with Crippen LogP contribution < -0.4 is 0 Å². The highest BCUT2D eigenvalue weighted by Gasteiger charge is 2.42. The van der Waals surface area contributed by atoms with Crippen molar-refractivity contribution in [3.8, 4) is 0 Å². The number of carbonyl (C=O) groups excluding carboxylic acids is 2. The number of rotatable bonds is 7. The van der Waals surface area contributed by atoms with E-state index < -0.39 is 0 Å². The van der Waals surface area contributed by atoms with E-state index in [4.69, 9.17) is 21.1 Å². The van der Waals surface area contributed by atoms with Gasteiger partial charge in [-0.2, -0.15) is 0 Å². The molecule has 0 bridgehead atoms. The van der Waals surface area contributed by atoms with E-state index in [0.717, 1.165) is 0 Å². The van der Waals surface area contributed by atoms with Gasteiger partial charge in [0, 0.05) is 31.3 Å². The molecule has 0 spiro atoms. The van der Waals surface area contributed by atoms with Crippen molar-refractivity contribution in [2.45, 2.75) is 52.4 Å². The summed E-state index contributed by atoms with van der Waals surface area (Å²) in [6.07, 6.45) is 0.685. The number of nitrogens with zero attached hydrogens (tertiary/aromatic N) is 2. The van der Waals surface area contributed by atoms with Crippen LogP contribution in [0.3, 0.4) is 0 Å². The Balaban J connectivity index is 1.90. The average Bonchev–Trinajstić information content (AvgIpc) is 2.89. The molecular formula is C22H29ClN2O4. The van der Waals surface area contributed by atoms with Crippen molar-refractivity contribution < 1.29 is 19.1 Å². The van der Waals surface area contributed by atoms with Crippen molar-refractivity contribution in [2.24, 2.45) is 0 Å². The molecular weight excluding hydrogens is 392 g/mol. The Morgan fingerprint density at radius 2 is 1.72 bits per heavy atom. The third-order valence-corrected chi connectivity index (χ3v) is 5.24. The maximum Gasteiger partial charge on any atom is 0.277 e. The standard InChI is InChI=1S/C22H29ClN2O4/c1-14(2)28-11-5-10-25-21(26)19(17-6-8-18(23)9-7-17)20(22(25)27)24-12-15(3)29-16(4)13-24/h6-9,14-16H,5,10-13H2,1-4H3. The Labute approximate surface area is 177 Å². The van der Waals surface area contributed by atoms with Gasteiger partial charge in [0.25, 0.3) is 11.8 Å². The van der Waals surface area contributed by atoms with E-state index in [1.807, 2.05) is 32.6 Å². The van der Waals surface area contributed by atoms with Gasteiger partial charge < -0.3 is 14.4 Å². The van der Waals surface area contributed by atoms with Gasteiger partial charge >= 0.3 is 0 Å². The molecule has 0 N–H and O–H groups in total. The highest BCUT2D eigenvalue weighted by Crippen LogP contribution is 2.33. The second kappa shape index (κ2) is 9.28. The lowest BCUT2D eigenvalue weighted by atomic mass is 10.0. The number of hydrogen-bond acceptors (Lipinski definition) is 5. The van der Waals surface area contributed by atoms with Gasteiger partial charge in [0.15, 0.2) is 0 Å². The highest BCUT2D eigenvalue weighted by molar-refractivity contribution is 6.36. The summed E-state index contributed by atoms with van der Waals surface area (Å²) in [5, 5.41) is 0.587. The van der Waals surface area contributed by atoms with Crippen molar-refractivity contribution in [1.29, 1.82) is 0 Å². The maximum absolute atomic E-state index is 13.3. The lowest BCUT2D eigenvalue weighted by Crippen LogP contribution is -2.47. The number of morpholine rings is 1. The number of amides is 2. The first-order chi connectivity index (χ1) is 13.8. The minimum Gasteiger partial charge on any atom is -0.379 e. The van der Waals surface area contributed by atoms with Gasteiger partial charge in [0.05, 0.1) is 23.9 Å². The van der Waals surface area contributed by atoms with E-state index in [2.05, 4.69) is 0 Å². The molecule has 1 fully saturated rings. The van der Waals surface area contributed by atoms with Crippen molar-refractivity contribution in [3.05, 3.63) is 40.5 Å². The molecule has 0 aliphatic carbocycles. The number of benzene rings is 1. The lowest BCUT2D eigenvalue weighted by Gasteiger charge is -2.37. The monoisotopic (exact) mass is 420 g/mol. The van der Waals surface area contributed by atoms with Gasteiger partial charge in [-0.05, 0) is 51.8 Å². The van der Waals surface area contributed by atoms with Crippen molar-refractivity contribution in [1.82, 2.24) is 9.80 Å². The van der Waals surface area contributed by atoms with Gasteiger partial charge in [0.1, 0.15) is 5.70 Å². The molecule has 2 unspecified atom stereocenters. The van der Waals surface area contributed by atoms with Gasteiger partial charge in [-0.3, -0.25) is 14.5 Å². The Kier molecular flexibility index (Phi) is 6.98. The molecule has 0 aromatic heterocycles. The van der Waals surface area contributed by atoms with E-state index in [1.165, 1.54) is 4.90 Å². The molecule has 158 valence electrons. The summed E-state index contributed by atoms with van der Waals surface area (Å²) in [5.74, 6) is -0.505. The number of imide groups is 1. The van der Waals surface area contributed by atoms with Gasteiger partial charge in [-0.15, -0.1) is 0 Å². The number of ether oxygens (including phenoxy) is 2. The number of halogens is 1. The van der Waals surface area contributed by atoms with Gasteiger partial charge in [0.2, 0.25) is 0 Å². The summed E-state index contributed by atoms with van der Waals surface area (Å²) in [7, 11) is 0. The number of carbonyl (C=O) groups is 2. The first kappa shape index (κ1) is 21.8. The van der Waals surface area contributed by atoms with Crippen LogP contribution in [0.4, 0.5) is 0 Å². The third-order valence-electron chi connectivity index (χ3n) is 4.99. The van der Waals surface area contributed by atoms with E-state index in [9.17, 15) is 9.59 Å². The van der Waals surface area contributed by atoms with Gasteiger partial charge in [-0.25, -0.2) is 0 Å². The minimum atomic E-state index is -0.260. The zero-order valence-electron chi connectivity index (χ0n) is 17.5. The van der Waals surface area contributed by atoms with Crippen LogP contribution in [0.5, 0.6) is 0 Å². The Bertz CT molecular complexity index is 781. The van der Waals surface area contributed by atoms with Crippen LogP contribution in [0.1, 0.15) is 39.7 Å². The van der Waals surface area contributed by atoms with E-state index in [1.54, 1.807) is 24.3 Å². The molecule has 2 aliphatic heterocycles. The van der Waals surface area contributed by atoms with Crippen LogP contribution in [0, 0.1) is 0 Å². The third kappa shape index (κ3) is 5.00. The quantitative estimate of drug-likeness (QED) is 0.500. The van der Waals surface area contributed by atoms with Gasteiger partial charge in [-0.1, -0.05) is 23.7 Å². The smallest absolute Gasteiger partial charge is 0.277 e. The van der Waals surface area contributed by atoms with Crippen LogP contribution >= 0.6 is 11.6 Å². The second-order valence-corrected chi connectivity index (χ2v) is 8.36. The summed E-state index contributed by atoms with van der Waals surface area (Å²) >= 11 is 6.03. The fourth-order valence-electron chi connectivity index (χ4n) is 3.84. The highest BCUT2D eigenvalue weighted by atomic mass is 35.5. The first-order valence-electron chi connectivity index (χ1n) is 10.2. The van der Waals surface area contributed by atoms with E-state index >= 15 is 0 Å². The molecule has 1 saturated heterocycles. The molecule has 2 heterocycles. The summed E-state index contributed by atoms with van der Waals surface area (Å²) in [6.45, 7) is 9.86. The Morgan fingerprint density at radius 3 is 2.31 bits per heavy atom. The maximum atomic E-state index is 13.3. The summed E-state index contributed by atoms with van der Waals surface area (Å²) in [6, 6.07) is 7.06. The zero-order chi connectivity index (χ0) is 21.1. The molecule has 6 nitrogen and oxygen atoms in total. The number of hydrogen-bond donors (Lipinski definition) is 0. The van der Waals surface area contributed by atoms with Crippen molar-refractivity contribution >= 4 is 29.0 Å². The Hall–Kier alpha value is -1.89. The van der Waals surface area contributed by atoms with Crippen molar-refractivity contribution in [3.63, 3.8) is 0 Å². The molecule has 1 aromatic carbocycles. The molecule has 0 radical (unpaired) electrons. The largest absolute Gasteiger partial charge is 0.379 e.